The Morgan fingerprint density at radius 3 is 2.65 bits per heavy atom. The number of hydrogen-bond donors (Lipinski definition) is 0. The Hall–Kier alpha value is -1.97. The van der Waals surface area contributed by atoms with E-state index in [1.54, 1.807) is 24.3 Å². The summed E-state index contributed by atoms with van der Waals surface area (Å²) in [6.07, 6.45) is 2.91. The fourth-order valence-electron chi connectivity index (χ4n) is 2.46. The van der Waals surface area contributed by atoms with E-state index in [1.807, 2.05) is 6.92 Å². The van der Waals surface area contributed by atoms with Gasteiger partial charge in [0.05, 0.1) is 12.7 Å². The standard InChI is InChI=1S/C16H17FO3/c1-3-4-9-14(18)16(17)12-8-6-5-7-11(12)10-13(16)15(19)20-2/h5-8,10H,3-4,9H2,1-2H3. The van der Waals surface area contributed by atoms with Gasteiger partial charge in [-0.1, -0.05) is 37.6 Å². The summed E-state index contributed by atoms with van der Waals surface area (Å²) in [5.41, 5.74) is -1.80. The van der Waals surface area contributed by atoms with E-state index >= 15 is 4.39 Å². The van der Waals surface area contributed by atoms with Crippen LogP contribution in [0.1, 0.15) is 37.3 Å². The Morgan fingerprint density at radius 1 is 1.30 bits per heavy atom. The van der Waals surface area contributed by atoms with E-state index in [0.29, 0.717) is 12.0 Å². The number of ether oxygens (including phenoxy) is 1. The number of halogens is 1. The van der Waals surface area contributed by atoms with Crippen LogP contribution in [0.15, 0.2) is 29.8 Å². The van der Waals surface area contributed by atoms with E-state index in [9.17, 15) is 9.59 Å². The zero-order valence-electron chi connectivity index (χ0n) is 11.6. The second-order valence-electron chi connectivity index (χ2n) is 4.82. The van der Waals surface area contributed by atoms with Gasteiger partial charge in [0.2, 0.25) is 5.67 Å². The molecule has 0 aromatic heterocycles. The van der Waals surface area contributed by atoms with Crippen molar-refractivity contribution in [2.75, 3.05) is 7.11 Å². The van der Waals surface area contributed by atoms with Crippen LogP contribution in [0.4, 0.5) is 4.39 Å². The molecule has 1 aliphatic rings. The molecule has 106 valence electrons. The second kappa shape index (κ2) is 5.57. The Morgan fingerprint density at radius 2 is 2.00 bits per heavy atom. The van der Waals surface area contributed by atoms with Crippen molar-refractivity contribution >= 4 is 17.8 Å². The molecule has 3 nitrogen and oxygen atoms in total. The molecule has 0 heterocycles. The smallest absolute Gasteiger partial charge is 0.337 e. The van der Waals surface area contributed by atoms with Gasteiger partial charge < -0.3 is 4.74 Å². The number of hydrogen-bond acceptors (Lipinski definition) is 3. The molecule has 0 saturated heterocycles. The lowest BCUT2D eigenvalue weighted by atomic mass is 9.85. The predicted octanol–water partition coefficient (Wildman–Crippen LogP) is 3.18. The molecule has 0 spiro atoms. The van der Waals surface area contributed by atoms with Gasteiger partial charge in [-0.25, -0.2) is 9.18 Å². The van der Waals surface area contributed by atoms with Gasteiger partial charge in [-0.15, -0.1) is 0 Å². The van der Waals surface area contributed by atoms with Gasteiger partial charge in [0.15, 0.2) is 5.78 Å². The molecule has 1 unspecified atom stereocenters. The summed E-state index contributed by atoms with van der Waals surface area (Å²) < 4.78 is 20.0. The SMILES string of the molecule is CCCCC(=O)C1(F)C(C(=O)OC)=Cc2ccccc21. The highest BCUT2D eigenvalue weighted by Crippen LogP contribution is 2.45. The fourth-order valence-corrected chi connectivity index (χ4v) is 2.46. The van der Waals surface area contributed by atoms with Gasteiger partial charge in [-0.3, -0.25) is 4.79 Å². The van der Waals surface area contributed by atoms with Crippen LogP contribution in [0.2, 0.25) is 0 Å². The molecule has 1 atom stereocenters. The van der Waals surface area contributed by atoms with Crippen LogP contribution in [0.25, 0.3) is 6.08 Å². The normalized spacial score (nSPS) is 20.2. The van der Waals surface area contributed by atoms with Gasteiger partial charge in [-0.05, 0) is 18.1 Å². The van der Waals surface area contributed by atoms with Crippen LogP contribution in [-0.2, 0) is 20.0 Å². The van der Waals surface area contributed by atoms with E-state index in [0.717, 1.165) is 6.42 Å². The lowest BCUT2D eigenvalue weighted by Crippen LogP contribution is -2.34. The highest BCUT2D eigenvalue weighted by Gasteiger charge is 2.51. The van der Waals surface area contributed by atoms with E-state index < -0.39 is 17.4 Å². The molecule has 20 heavy (non-hydrogen) atoms. The summed E-state index contributed by atoms with van der Waals surface area (Å²) in [6, 6.07) is 6.64. The zero-order valence-corrected chi connectivity index (χ0v) is 11.6. The number of carbonyl (C=O) groups is 2. The number of esters is 1. The van der Waals surface area contributed by atoms with Crippen LogP contribution >= 0.6 is 0 Å². The summed E-state index contributed by atoms with van der Waals surface area (Å²) in [4.78, 5) is 24.1. The van der Waals surface area contributed by atoms with Crippen LogP contribution in [0.5, 0.6) is 0 Å². The van der Waals surface area contributed by atoms with Gasteiger partial charge >= 0.3 is 5.97 Å². The quantitative estimate of drug-likeness (QED) is 0.776. The molecule has 1 aliphatic carbocycles. The van der Waals surface area contributed by atoms with Crippen molar-refractivity contribution in [1.29, 1.82) is 0 Å². The second-order valence-corrected chi connectivity index (χ2v) is 4.82. The number of carbonyl (C=O) groups excluding carboxylic acids is 2. The molecule has 0 saturated carbocycles. The fraction of sp³-hybridized carbons (Fsp3) is 0.375. The highest BCUT2D eigenvalue weighted by molar-refractivity contribution is 6.09. The molecule has 0 fully saturated rings. The number of fused-ring (bicyclic) bond motifs is 1. The van der Waals surface area contributed by atoms with Crippen molar-refractivity contribution in [3.05, 3.63) is 41.0 Å². The van der Waals surface area contributed by atoms with Gasteiger partial charge in [-0.2, -0.15) is 0 Å². The summed E-state index contributed by atoms with van der Waals surface area (Å²) in [7, 11) is 1.18. The Labute approximate surface area is 117 Å². The van der Waals surface area contributed by atoms with Gasteiger partial charge in [0.1, 0.15) is 0 Å². The predicted molar refractivity (Wildman–Crippen MR) is 73.8 cm³/mol. The van der Waals surface area contributed by atoms with Gasteiger partial charge in [0.25, 0.3) is 0 Å². The molecular formula is C16H17FO3. The summed E-state index contributed by atoms with van der Waals surface area (Å²) in [5, 5.41) is 0. The topological polar surface area (TPSA) is 43.4 Å². The van der Waals surface area contributed by atoms with E-state index in [2.05, 4.69) is 4.74 Å². The molecule has 0 amide bonds. The maximum absolute atomic E-state index is 15.4. The minimum absolute atomic E-state index is 0.107. The van der Waals surface area contributed by atoms with Crippen LogP contribution < -0.4 is 0 Å². The minimum atomic E-state index is -2.38. The molecule has 0 N–H and O–H groups in total. The Kier molecular flexibility index (Phi) is 4.02. The summed E-state index contributed by atoms with van der Waals surface area (Å²) >= 11 is 0. The first-order chi connectivity index (χ1) is 9.55. The minimum Gasteiger partial charge on any atom is -0.466 e. The van der Waals surface area contributed by atoms with E-state index in [-0.39, 0.29) is 17.6 Å². The maximum atomic E-state index is 15.4. The average molecular weight is 276 g/mol. The van der Waals surface area contributed by atoms with Crippen molar-refractivity contribution in [2.45, 2.75) is 31.9 Å². The number of rotatable bonds is 5. The first kappa shape index (κ1) is 14.4. The molecule has 1 aromatic rings. The first-order valence-corrected chi connectivity index (χ1v) is 6.67. The highest BCUT2D eigenvalue weighted by atomic mass is 19.1. The Bertz CT molecular complexity index is 577. The number of methoxy groups -OCH3 is 1. The molecule has 4 heteroatoms. The van der Waals surface area contributed by atoms with Crippen molar-refractivity contribution in [3.8, 4) is 0 Å². The lowest BCUT2D eigenvalue weighted by molar-refractivity contribution is -0.141. The third-order valence-corrected chi connectivity index (χ3v) is 3.55. The average Bonchev–Trinajstić information content (AvgIpc) is 2.79. The monoisotopic (exact) mass is 276 g/mol. The molecular weight excluding hydrogens is 259 g/mol. The molecule has 1 aromatic carbocycles. The van der Waals surface area contributed by atoms with Crippen molar-refractivity contribution in [3.63, 3.8) is 0 Å². The molecule has 0 aliphatic heterocycles. The summed E-state index contributed by atoms with van der Waals surface area (Å²) in [6.45, 7) is 1.93. The van der Waals surface area contributed by atoms with E-state index in [1.165, 1.54) is 13.2 Å². The maximum Gasteiger partial charge on any atom is 0.337 e. The number of alkyl halides is 1. The summed E-state index contributed by atoms with van der Waals surface area (Å²) in [5.74, 6) is -1.38. The largest absolute Gasteiger partial charge is 0.466 e. The number of Topliss-reactive ketones (excluding diaryl/α,β-unsaturated/α-hetero) is 1. The van der Waals surface area contributed by atoms with Crippen LogP contribution in [-0.4, -0.2) is 18.9 Å². The molecule has 0 radical (unpaired) electrons. The lowest BCUT2D eigenvalue weighted by Gasteiger charge is -2.22. The number of benzene rings is 1. The zero-order chi connectivity index (χ0) is 14.8. The van der Waals surface area contributed by atoms with Crippen molar-refractivity contribution in [1.82, 2.24) is 0 Å². The van der Waals surface area contributed by atoms with E-state index in [4.69, 9.17) is 0 Å². The van der Waals surface area contributed by atoms with Gasteiger partial charge in [0, 0.05) is 12.0 Å². The van der Waals surface area contributed by atoms with Crippen molar-refractivity contribution in [2.24, 2.45) is 0 Å². The Balaban J connectivity index is 2.48. The third-order valence-electron chi connectivity index (χ3n) is 3.55. The number of unbranched alkanes of at least 4 members (excludes halogenated alkanes) is 1. The molecule has 0 bridgehead atoms. The molecule has 2 rings (SSSR count). The third kappa shape index (κ3) is 2.15. The first-order valence-electron chi connectivity index (χ1n) is 6.67. The van der Waals surface area contributed by atoms with Crippen LogP contribution in [0.3, 0.4) is 0 Å². The van der Waals surface area contributed by atoms with Crippen molar-refractivity contribution < 1.29 is 18.7 Å². The number of ketones is 1. The van der Waals surface area contributed by atoms with Crippen LogP contribution in [0, 0.1) is 0 Å².